The number of aliphatic imine (C=N–C) groups is 1. The summed E-state index contributed by atoms with van der Waals surface area (Å²) in [6.45, 7) is 1.91. The minimum Gasteiger partial charge on any atom is -0.465 e. The second-order valence-electron chi connectivity index (χ2n) is 5.62. The van der Waals surface area contributed by atoms with Gasteiger partial charge in [0, 0.05) is 20.9 Å². The molecule has 1 unspecified atom stereocenters. The normalized spacial score (nSPS) is 20.2. The average molecular weight is 463 g/mol. The van der Waals surface area contributed by atoms with Crippen LogP contribution in [0.3, 0.4) is 0 Å². The molecule has 7 heteroatoms. The van der Waals surface area contributed by atoms with E-state index in [1.165, 1.54) is 12.1 Å². The van der Waals surface area contributed by atoms with Gasteiger partial charge < -0.3 is 4.74 Å². The zero-order valence-corrected chi connectivity index (χ0v) is 15.7. The number of benzene rings is 2. The van der Waals surface area contributed by atoms with E-state index >= 15 is 0 Å². The topological polar surface area (TPSA) is 21.6 Å². The van der Waals surface area contributed by atoms with Crippen LogP contribution in [-0.4, -0.2) is 11.2 Å². The smallest absolute Gasteiger partial charge is 0.416 e. The van der Waals surface area contributed by atoms with Gasteiger partial charge in [0.25, 0.3) is 0 Å². The second-order valence-corrected chi connectivity index (χ2v) is 7.10. The Kier molecular flexibility index (Phi) is 4.51. The summed E-state index contributed by atoms with van der Waals surface area (Å²) < 4.78 is 45.0. The maximum Gasteiger partial charge on any atom is 0.416 e. The van der Waals surface area contributed by atoms with Gasteiger partial charge in [0.05, 0.1) is 11.3 Å². The molecular formula is C17H12Br2F3NO. The number of halogens is 5. The lowest BCUT2D eigenvalue weighted by molar-refractivity contribution is -0.137. The van der Waals surface area contributed by atoms with Gasteiger partial charge in [-0.05, 0) is 49.4 Å². The average Bonchev–Trinajstić information content (AvgIpc) is 2.55. The summed E-state index contributed by atoms with van der Waals surface area (Å²) in [5.41, 5.74) is 0.781. The van der Waals surface area contributed by atoms with Gasteiger partial charge in [-0.3, -0.25) is 0 Å². The van der Waals surface area contributed by atoms with E-state index in [9.17, 15) is 13.2 Å². The number of nitrogens with zero attached hydrogens (tertiary/aromatic N) is 1. The molecule has 0 fully saturated rings. The molecule has 0 spiro atoms. The predicted molar refractivity (Wildman–Crippen MR) is 94.0 cm³/mol. The Morgan fingerprint density at radius 3 is 2.38 bits per heavy atom. The highest BCUT2D eigenvalue weighted by Gasteiger charge is 2.36. The SMILES string of the molecule is CC1(CBr)OC(c2ccc(C(F)(F)F)cc2)=Nc2ccc(Br)cc21. The number of ether oxygens (including phenoxy) is 1. The molecule has 1 aliphatic rings. The van der Waals surface area contributed by atoms with Gasteiger partial charge in [-0.25, -0.2) is 4.99 Å². The van der Waals surface area contributed by atoms with Crippen LogP contribution in [0.15, 0.2) is 51.9 Å². The van der Waals surface area contributed by atoms with Crippen molar-refractivity contribution < 1.29 is 17.9 Å². The molecular weight excluding hydrogens is 451 g/mol. The van der Waals surface area contributed by atoms with Crippen LogP contribution in [0.1, 0.15) is 23.6 Å². The first-order valence-corrected chi connectivity index (χ1v) is 8.96. The zero-order valence-electron chi connectivity index (χ0n) is 12.5. The fraction of sp³-hybridized carbons (Fsp3) is 0.235. The lowest BCUT2D eigenvalue weighted by atomic mass is 9.94. The predicted octanol–water partition coefficient (Wildman–Crippen LogP) is 6.19. The Morgan fingerprint density at radius 1 is 1.12 bits per heavy atom. The Bertz CT molecular complexity index is 802. The number of fused-ring (bicyclic) bond motifs is 1. The first kappa shape index (κ1) is 17.5. The molecule has 1 aliphatic heterocycles. The Hall–Kier alpha value is -1.34. The van der Waals surface area contributed by atoms with Crippen molar-refractivity contribution in [3.63, 3.8) is 0 Å². The molecule has 1 atom stereocenters. The second kappa shape index (κ2) is 6.19. The lowest BCUT2D eigenvalue weighted by Crippen LogP contribution is -2.34. The Balaban J connectivity index is 2.05. The van der Waals surface area contributed by atoms with E-state index in [-0.39, 0.29) is 0 Å². The van der Waals surface area contributed by atoms with Crippen molar-refractivity contribution in [1.29, 1.82) is 0 Å². The number of hydrogen-bond donors (Lipinski definition) is 0. The van der Waals surface area contributed by atoms with Crippen molar-refractivity contribution in [3.05, 3.63) is 63.6 Å². The van der Waals surface area contributed by atoms with Crippen molar-refractivity contribution in [2.24, 2.45) is 4.99 Å². The van der Waals surface area contributed by atoms with Crippen LogP contribution in [-0.2, 0) is 16.5 Å². The quantitative estimate of drug-likeness (QED) is 0.488. The molecule has 0 bridgehead atoms. The highest BCUT2D eigenvalue weighted by atomic mass is 79.9. The minimum atomic E-state index is -4.36. The third-order valence-electron chi connectivity index (χ3n) is 3.79. The molecule has 2 nitrogen and oxygen atoms in total. The lowest BCUT2D eigenvalue weighted by Gasteiger charge is -2.34. The van der Waals surface area contributed by atoms with Crippen molar-refractivity contribution in [2.75, 3.05) is 5.33 Å². The molecule has 0 saturated carbocycles. The third kappa shape index (κ3) is 3.24. The fourth-order valence-corrected chi connectivity index (χ4v) is 3.23. The van der Waals surface area contributed by atoms with Crippen LogP contribution in [0.4, 0.5) is 18.9 Å². The standard InChI is InChI=1S/C17H12Br2F3NO/c1-16(9-18)13-8-12(19)6-7-14(13)23-15(24-16)10-2-4-11(5-3-10)17(20,21)22/h2-8H,9H2,1H3. The monoisotopic (exact) mass is 461 g/mol. The first-order chi connectivity index (χ1) is 11.2. The summed E-state index contributed by atoms with van der Waals surface area (Å²) in [6.07, 6.45) is -4.36. The van der Waals surface area contributed by atoms with Gasteiger partial charge >= 0.3 is 6.18 Å². The molecule has 0 radical (unpaired) electrons. The molecule has 0 saturated heterocycles. The van der Waals surface area contributed by atoms with E-state index in [2.05, 4.69) is 36.9 Å². The molecule has 0 aromatic heterocycles. The van der Waals surface area contributed by atoms with Crippen LogP contribution in [0, 0.1) is 0 Å². The molecule has 126 valence electrons. The molecule has 0 aliphatic carbocycles. The van der Waals surface area contributed by atoms with Crippen LogP contribution in [0.5, 0.6) is 0 Å². The van der Waals surface area contributed by atoms with Crippen molar-refractivity contribution in [1.82, 2.24) is 0 Å². The highest BCUT2D eigenvalue weighted by Crippen LogP contribution is 2.41. The number of rotatable bonds is 2. The maximum atomic E-state index is 12.7. The Morgan fingerprint density at radius 2 is 1.79 bits per heavy atom. The van der Waals surface area contributed by atoms with Crippen LogP contribution >= 0.6 is 31.9 Å². The van der Waals surface area contributed by atoms with Gasteiger partial charge in [-0.2, -0.15) is 13.2 Å². The van der Waals surface area contributed by atoms with Gasteiger partial charge in [0.1, 0.15) is 5.60 Å². The van der Waals surface area contributed by atoms with E-state index in [1.807, 2.05) is 25.1 Å². The van der Waals surface area contributed by atoms with E-state index < -0.39 is 17.3 Å². The van der Waals surface area contributed by atoms with Gasteiger partial charge in [0.2, 0.25) is 5.90 Å². The summed E-state index contributed by atoms with van der Waals surface area (Å²) in [7, 11) is 0. The first-order valence-electron chi connectivity index (χ1n) is 7.04. The maximum absolute atomic E-state index is 12.7. The zero-order chi connectivity index (χ0) is 17.5. The molecule has 0 N–H and O–H groups in total. The summed E-state index contributed by atoms with van der Waals surface area (Å²) in [5.74, 6) is 0.306. The van der Waals surface area contributed by atoms with E-state index in [1.54, 1.807) is 0 Å². The van der Waals surface area contributed by atoms with Crippen LogP contribution in [0.2, 0.25) is 0 Å². The minimum absolute atomic E-state index is 0.306. The largest absolute Gasteiger partial charge is 0.465 e. The van der Waals surface area contributed by atoms with E-state index in [4.69, 9.17) is 4.74 Å². The number of alkyl halides is 4. The summed E-state index contributed by atoms with van der Waals surface area (Å²) in [6, 6.07) is 10.5. The molecule has 1 heterocycles. The molecule has 0 amide bonds. The van der Waals surface area contributed by atoms with Gasteiger partial charge in [-0.1, -0.05) is 31.9 Å². The molecule has 2 aromatic rings. The third-order valence-corrected chi connectivity index (χ3v) is 5.35. The summed E-state index contributed by atoms with van der Waals surface area (Å²) >= 11 is 6.89. The summed E-state index contributed by atoms with van der Waals surface area (Å²) in [5, 5.41) is 0.517. The van der Waals surface area contributed by atoms with Crippen LogP contribution < -0.4 is 0 Å². The highest BCUT2D eigenvalue weighted by molar-refractivity contribution is 9.10. The summed E-state index contributed by atoms with van der Waals surface area (Å²) in [4.78, 5) is 4.46. The Labute approximate surface area is 154 Å². The van der Waals surface area contributed by atoms with Gasteiger partial charge in [-0.15, -0.1) is 0 Å². The van der Waals surface area contributed by atoms with Crippen LogP contribution in [0.25, 0.3) is 0 Å². The fourth-order valence-electron chi connectivity index (χ4n) is 2.45. The molecule has 2 aromatic carbocycles. The van der Waals surface area contributed by atoms with Crippen molar-refractivity contribution in [2.45, 2.75) is 18.7 Å². The van der Waals surface area contributed by atoms with Gasteiger partial charge in [0.15, 0.2) is 0 Å². The van der Waals surface area contributed by atoms with Crippen molar-refractivity contribution >= 4 is 43.4 Å². The van der Waals surface area contributed by atoms with Crippen molar-refractivity contribution in [3.8, 4) is 0 Å². The number of hydrogen-bond acceptors (Lipinski definition) is 2. The molecule has 24 heavy (non-hydrogen) atoms. The molecule has 3 rings (SSSR count). The van der Waals surface area contributed by atoms with E-state index in [0.717, 1.165) is 27.9 Å². The van der Waals surface area contributed by atoms with E-state index in [0.29, 0.717) is 16.8 Å².